The summed E-state index contributed by atoms with van der Waals surface area (Å²) in [6.07, 6.45) is 9.08. The fourth-order valence-corrected chi connectivity index (χ4v) is 4.09. The standard InChI is InChI=1S/C15H26ClNO/c1-2-17(10-9-16)15(18)14-8-7-12-5-3-4-6-13(12)11-14/h12-14H,2-11H2,1H3. The van der Waals surface area contributed by atoms with Gasteiger partial charge in [-0.25, -0.2) is 0 Å². The predicted octanol–water partition coefficient (Wildman–Crippen LogP) is 3.68. The Labute approximate surface area is 116 Å². The molecule has 0 bridgehead atoms. The summed E-state index contributed by atoms with van der Waals surface area (Å²) in [5.41, 5.74) is 0. The highest BCUT2D eigenvalue weighted by molar-refractivity contribution is 6.18. The second-order valence-corrected chi connectivity index (χ2v) is 6.30. The van der Waals surface area contributed by atoms with Crippen molar-refractivity contribution >= 4 is 17.5 Å². The Morgan fingerprint density at radius 1 is 1.17 bits per heavy atom. The quantitative estimate of drug-likeness (QED) is 0.715. The Kier molecular flexibility index (Phi) is 5.35. The van der Waals surface area contributed by atoms with E-state index in [1.165, 1.54) is 32.1 Å². The van der Waals surface area contributed by atoms with Crippen molar-refractivity contribution in [2.45, 2.75) is 51.9 Å². The molecule has 0 spiro atoms. The third kappa shape index (κ3) is 3.20. The zero-order chi connectivity index (χ0) is 13.0. The number of hydrogen-bond donors (Lipinski definition) is 0. The molecule has 0 aromatic carbocycles. The molecule has 2 rings (SSSR count). The molecule has 0 aliphatic heterocycles. The highest BCUT2D eigenvalue weighted by Crippen LogP contribution is 2.43. The van der Waals surface area contributed by atoms with Gasteiger partial charge in [-0.05, 0) is 38.0 Å². The van der Waals surface area contributed by atoms with Gasteiger partial charge in [0.2, 0.25) is 5.91 Å². The fraction of sp³-hybridized carbons (Fsp3) is 0.933. The van der Waals surface area contributed by atoms with Gasteiger partial charge in [0.15, 0.2) is 0 Å². The van der Waals surface area contributed by atoms with E-state index < -0.39 is 0 Å². The molecule has 18 heavy (non-hydrogen) atoms. The first kappa shape index (κ1) is 14.2. The first-order chi connectivity index (χ1) is 8.76. The summed E-state index contributed by atoms with van der Waals surface area (Å²) in [7, 11) is 0. The second kappa shape index (κ2) is 6.79. The zero-order valence-electron chi connectivity index (χ0n) is 11.5. The fourth-order valence-electron chi connectivity index (χ4n) is 3.88. The molecule has 0 heterocycles. The summed E-state index contributed by atoms with van der Waals surface area (Å²) < 4.78 is 0. The van der Waals surface area contributed by atoms with E-state index in [0.717, 1.165) is 31.2 Å². The van der Waals surface area contributed by atoms with Crippen molar-refractivity contribution in [3.63, 3.8) is 0 Å². The normalized spacial score (nSPS) is 31.8. The highest BCUT2D eigenvalue weighted by Gasteiger charge is 2.36. The van der Waals surface area contributed by atoms with Crippen LogP contribution in [0.25, 0.3) is 0 Å². The molecule has 2 fully saturated rings. The maximum absolute atomic E-state index is 12.5. The molecule has 2 saturated carbocycles. The van der Waals surface area contributed by atoms with Crippen LogP contribution >= 0.6 is 11.6 Å². The maximum Gasteiger partial charge on any atom is 0.225 e. The van der Waals surface area contributed by atoms with Crippen LogP contribution in [0.1, 0.15) is 51.9 Å². The van der Waals surface area contributed by atoms with Crippen LogP contribution in [0.15, 0.2) is 0 Å². The summed E-state index contributed by atoms with van der Waals surface area (Å²) in [5.74, 6) is 2.95. The van der Waals surface area contributed by atoms with Crippen molar-refractivity contribution in [3.05, 3.63) is 0 Å². The van der Waals surface area contributed by atoms with E-state index >= 15 is 0 Å². The Morgan fingerprint density at radius 2 is 1.89 bits per heavy atom. The minimum atomic E-state index is 0.285. The van der Waals surface area contributed by atoms with E-state index in [0.29, 0.717) is 18.3 Å². The maximum atomic E-state index is 12.5. The molecule has 0 N–H and O–H groups in total. The van der Waals surface area contributed by atoms with E-state index in [9.17, 15) is 4.79 Å². The third-order valence-electron chi connectivity index (χ3n) is 4.94. The number of halogens is 1. The summed E-state index contributed by atoms with van der Waals surface area (Å²) in [4.78, 5) is 14.4. The molecule has 2 aliphatic rings. The second-order valence-electron chi connectivity index (χ2n) is 5.92. The largest absolute Gasteiger partial charge is 0.342 e. The molecular formula is C15H26ClNO. The summed E-state index contributed by atoms with van der Waals surface area (Å²) in [6, 6.07) is 0. The van der Waals surface area contributed by atoms with Gasteiger partial charge >= 0.3 is 0 Å². The van der Waals surface area contributed by atoms with Gasteiger partial charge in [-0.1, -0.05) is 25.7 Å². The average molecular weight is 272 g/mol. The summed E-state index contributed by atoms with van der Waals surface area (Å²) >= 11 is 5.77. The minimum Gasteiger partial charge on any atom is -0.342 e. The van der Waals surface area contributed by atoms with Crippen molar-refractivity contribution in [3.8, 4) is 0 Å². The third-order valence-corrected chi connectivity index (χ3v) is 5.11. The first-order valence-electron chi connectivity index (χ1n) is 7.61. The number of amides is 1. The molecule has 104 valence electrons. The Morgan fingerprint density at radius 3 is 2.56 bits per heavy atom. The summed E-state index contributed by atoms with van der Waals surface area (Å²) in [6.45, 7) is 3.56. The lowest BCUT2D eigenvalue weighted by Crippen LogP contribution is -2.41. The number of rotatable bonds is 4. The lowest BCUT2D eigenvalue weighted by atomic mass is 9.67. The van der Waals surface area contributed by atoms with Crippen LogP contribution in [0.2, 0.25) is 0 Å². The Balaban J connectivity index is 1.91. The monoisotopic (exact) mass is 271 g/mol. The molecular weight excluding hydrogens is 246 g/mol. The Hall–Kier alpha value is -0.240. The van der Waals surface area contributed by atoms with Crippen LogP contribution in [0.5, 0.6) is 0 Å². The molecule has 1 amide bonds. The van der Waals surface area contributed by atoms with Crippen LogP contribution < -0.4 is 0 Å². The molecule has 0 radical (unpaired) electrons. The molecule has 2 aliphatic carbocycles. The van der Waals surface area contributed by atoms with Gasteiger partial charge < -0.3 is 4.90 Å². The molecule has 3 unspecified atom stereocenters. The Bertz CT molecular complexity index is 282. The molecule has 3 atom stereocenters. The lowest BCUT2D eigenvalue weighted by molar-refractivity contribution is -0.137. The first-order valence-corrected chi connectivity index (χ1v) is 8.14. The number of carbonyl (C=O) groups excluding carboxylic acids is 1. The molecule has 0 saturated heterocycles. The van der Waals surface area contributed by atoms with Gasteiger partial charge in [0.25, 0.3) is 0 Å². The molecule has 0 aromatic rings. The highest BCUT2D eigenvalue weighted by atomic mass is 35.5. The van der Waals surface area contributed by atoms with E-state index in [1.807, 2.05) is 4.90 Å². The zero-order valence-corrected chi connectivity index (χ0v) is 12.3. The van der Waals surface area contributed by atoms with Gasteiger partial charge in [0, 0.05) is 24.9 Å². The van der Waals surface area contributed by atoms with Crippen molar-refractivity contribution in [2.24, 2.45) is 17.8 Å². The molecule has 2 nitrogen and oxygen atoms in total. The molecule has 0 aromatic heterocycles. The van der Waals surface area contributed by atoms with Gasteiger partial charge in [0.05, 0.1) is 0 Å². The van der Waals surface area contributed by atoms with E-state index in [2.05, 4.69) is 6.92 Å². The average Bonchev–Trinajstić information content (AvgIpc) is 2.43. The van der Waals surface area contributed by atoms with Gasteiger partial charge in [0.1, 0.15) is 0 Å². The number of carbonyl (C=O) groups is 1. The van der Waals surface area contributed by atoms with Gasteiger partial charge in [-0.15, -0.1) is 11.6 Å². The van der Waals surface area contributed by atoms with Crippen molar-refractivity contribution in [1.29, 1.82) is 0 Å². The lowest BCUT2D eigenvalue weighted by Gasteiger charge is -2.40. The van der Waals surface area contributed by atoms with Crippen molar-refractivity contribution in [1.82, 2.24) is 4.90 Å². The van der Waals surface area contributed by atoms with Gasteiger partial charge in [-0.2, -0.15) is 0 Å². The smallest absolute Gasteiger partial charge is 0.225 e. The number of nitrogens with zero attached hydrogens (tertiary/aromatic N) is 1. The minimum absolute atomic E-state index is 0.285. The topological polar surface area (TPSA) is 20.3 Å². The predicted molar refractivity (Wildman–Crippen MR) is 75.8 cm³/mol. The number of fused-ring (bicyclic) bond motifs is 1. The van der Waals surface area contributed by atoms with Crippen LogP contribution in [0, 0.1) is 17.8 Å². The molecule has 3 heteroatoms. The van der Waals surface area contributed by atoms with E-state index in [1.54, 1.807) is 0 Å². The number of alkyl halides is 1. The van der Waals surface area contributed by atoms with Crippen LogP contribution in [0.4, 0.5) is 0 Å². The van der Waals surface area contributed by atoms with Crippen LogP contribution in [-0.4, -0.2) is 29.8 Å². The summed E-state index contributed by atoms with van der Waals surface area (Å²) in [5, 5.41) is 0. The van der Waals surface area contributed by atoms with Crippen LogP contribution in [-0.2, 0) is 4.79 Å². The van der Waals surface area contributed by atoms with Gasteiger partial charge in [-0.3, -0.25) is 4.79 Å². The van der Waals surface area contributed by atoms with Crippen molar-refractivity contribution in [2.75, 3.05) is 19.0 Å². The van der Waals surface area contributed by atoms with E-state index in [-0.39, 0.29) is 5.92 Å². The van der Waals surface area contributed by atoms with E-state index in [4.69, 9.17) is 11.6 Å². The van der Waals surface area contributed by atoms with Crippen molar-refractivity contribution < 1.29 is 4.79 Å². The SMILES string of the molecule is CCN(CCCl)C(=O)C1CCC2CCCCC2C1. The number of hydrogen-bond acceptors (Lipinski definition) is 1. The van der Waals surface area contributed by atoms with Crippen LogP contribution in [0.3, 0.4) is 0 Å².